The van der Waals surface area contributed by atoms with Crippen molar-refractivity contribution in [1.29, 1.82) is 0 Å². The summed E-state index contributed by atoms with van der Waals surface area (Å²) >= 11 is 7.51. The van der Waals surface area contributed by atoms with E-state index < -0.39 is 0 Å². The number of benzene rings is 2. The third-order valence-electron chi connectivity index (χ3n) is 4.48. The molecule has 0 aliphatic rings. The Morgan fingerprint density at radius 3 is 2.83 bits per heavy atom. The van der Waals surface area contributed by atoms with E-state index in [9.17, 15) is 0 Å². The van der Waals surface area contributed by atoms with Crippen molar-refractivity contribution in [2.45, 2.75) is 19.5 Å². The van der Waals surface area contributed by atoms with Crippen LogP contribution < -0.4 is 15.4 Å². The molecule has 0 radical (unpaired) electrons. The molecule has 0 unspecified atom stereocenters. The smallest absolute Gasteiger partial charge is 0.184 e. The molecule has 1 atom stereocenters. The molecular formula is C21H20ClN5OS. The number of ether oxygens (including phenoxy) is 1. The van der Waals surface area contributed by atoms with Crippen molar-refractivity contribution in [3.05, 3.63) is 71.1 Å². The molecule has 0 saturated heterocycles. The fourth-order valence-corrected chi connectivity index (χ4v) is 4.21. The lowest BCUT2D eigenvalue weighted by molar-refractivity contribution is 0.408. The standard InChI is InChI=1S/C21H20ClN5OS/c1-13(15-5-3-4-6-17(15)28-2)25-21-26-16-8-7-14(9-18(16)29-21)10-24-20-12-23-11-19(22)27-20/h3-9,11-13H,10H2,1-2H3,(H,24,27)(H,25,26)/t13-/m1/s1. The maximum atomic E-state index is 5.88. The van der Waals surface area contributed by atoms with E-state index in [1.165, 1.54) is 6.20 Å². The van der Waals surface area contributed by atoms with Gasteiger partial charge in [0, 0.05) is 12.1 Å². The van der Waals surface area contributed by atoms with Crippen LogP contribution in [0, 0.1) is 0 Å². The minimum Gasteiger partial charge on any atom is -0.496 e. The van der Waals surface area contributed by atoms with E-state index in [1.54, 1.807) is 24.6 Å². The molecule has 4 rings (SSSR count). The Hall–Kier alpha value is -2.90. The summed E-state index contributed by atoms with van der Waals surface area (Å²) in [5.74, 6) is 1.51. The zero-order valence-electron chi connectivity index (χ0n) is 16.0. The van der Waals surface area contributed by atoms with Crippen LogP contribution in [0.15, 0.2) is 54.9 Å². The van der Waals surface area contributed by atoms with E-state index in [0.717, 1.165) is 32.2 Å². The summed E-state index contributed by atoms with van der Waals surface area (Å²) in [6.07, 6.45) is 3.16. The first-order valence-electron chi connectivity index (χ1n) is 9.12. The molecule has 0 fully saturated rings. The fourth-order valence-electron chi connectivity index (χ4n) is 3.05. The highest BCUT2D eigenvalue weighted by Gasteiger charge is 2.13. The lowest BCUT2D eigenvalue weighted by Crippen LogP contribution is -2.07. The van der Waals surface area contributed by atoms with Crippen molar-refractivity contribution in [3.8, 4) is 5.75 Å². The first-order valence-corrected chi connectivity index (χ1v) is 10.3. The Kier molecular flexibility index (Phi) is 5.78. The summed E-state index contributed by atoms with van der Waals surface area (Å²) in [4.78, 5) is 12.9. The van der Waals surface area contributed by atoms with Gasteiger partial charge in [0.05, 0.1) is 35.8 Å². The molecule has 4 aromatic rings. The van der Waals surface area contributed by atoms with Gasteiger partial charge in [-0.1, -0.05) is 47.2 Å². The van der Waals surface area contributed by atoms with E-state index in [-0.39, 0.29) is 6.04 Å². The van der Waals surface area contributed by atoms with E-state index in [4.69, 9.17) is 21.3 Å². The molecule has 0 saturated carbocycles. The molecule has 6 nitrogen and oxygen atoms in total. The van der Waals surface area contributed by atoms with Gasteiger partial charge in [0.2, 0.25) is 0 Å². The molecule has 0 bridgehead atoms. The minimum absolute atomic E-state index is 0.0780. The number of hydrogen-bond acceptors (Lipinski definition) is 7. The van der Waals surface area contributed by atoms with Crippen molar-refractivity contribution in [2.75, 3.05) is 17.7 Å². The molecule has 2 aromatic heterocycles. The van der Waals surface area contributed by atoms with E-state index in [2.05, 4.69) is 45.7 Å². The zero-order valence-corrected chi connectivity index (χ0v) is 17.6. The van der Waals surface area contributed by atoms with Crippen molar-refractivity contribution >= 4 is 44.1 Å². The first-order chi connectivity index (χ1) is 14.1. The summed E-state index contributed by atoms with van der Waals surface area (Å²) in [5, 5.41) is 7.97. The normalized spacial score (nSPS) is 12.0. The molecule has 29 heavy (non-hydrogen) atoms. The molecule has 2 N–H and O–H groups in total. The fraction of sp³-hybridized carbons (Fsp3) is 0.190. The van der Waals surface area contributed by atoms with Crippen LogP contribution in [0.4, 0.5) is 10.9 Å². The molecule has 0 amide bonds. The predicted molar refractivity (Wildman–Crippen MR) is 119 cm³/mol. The number of fused-ring (bicyclic) bond motifs is 1. The quantitative estimate of drug-likeness (QED) is 0.405. The summed E-state index contributed by atoms with van der Waals surface area (Å²) in [6.45, 7) is 2.73. The number of hydrogen-bond donors (Lipinski definition) is 2. The van der Waals surface area contributed by atoms with Gasteiger partial charge >= 0.3 is 0 Å². The number of anilines is 2. The van der Waals surface area contributed by atoms with Crippen LogP contribution in [0.1, 0.15) is 24.1 Å². The second-order valence-electron chi connectivity index (χ2n) is 6.51. The molecule has 0 aliphatic heterocycles. The van der Waals surface area contributed by atoms with Crippen molar-refractivity contribution in [3.63, 3.8) is 0 Å². The average molecular weight is 426 g/mol. The van der Waals surface area contributed by atoms with Crippen molar-refractivity contribution in [2.24, 2.45) is 0 Å². The predicted octanol–water partition coefficient (Wildman–Crippen LogP) is 5.53. The van der Waals surface area contributed by atoms with E-state index in [1.807, 2.05) is 24.3 Å². The molecule has 8 heteroatoms. The number of rotatable bonds is 7. The van der Waals surface area contributed by atoms with Crippen LogP contribution in [0.3, 0.4) is 0 Å². The van der Waals surface area contributed by atoms with Gasteiger partial charge < -0.3 is 15.4 Å². The highest BCUT2D eigenvalue weighted by atomic mass is 35.5. The summed E-state index contributed by atoms with van der Waals surface area (Å²) in [7, 11) is 1.69. The Balaban J connectivity index is 1.48. The highest BCUT2D eigenvalue weighted by Crippen LogP contribution is 2.32. The van der Waals surface area contributed by atoms with Gasteiger partial charge in [0.15, 0.2) is 5.13 Å². The van der Waals surface area contributed by atoms with E-state index >= 15 is 0 Å². The summed E-state index contributed by atoms with van der Waals surface area (Å²) < 4.78 is 6.59. The van der Waals surface area contributed by atoms with E-state index in [0.29, 0.717) is 17.5 Å². The van der Waals surface area contributed by atoms with Gasteiger partial charge in [-0.25, -0.2) is 9.97 Å². The largest absolute Gasteiger partial charge is 0.496 e. The molecule has 2 heterocycles. The summed E-state index contributed by atoms with van der Waals surface area (Å²) in [6, 6.07) is 14.3. The van der Waals surface area contributed by atoms with Crippen LogP contribution >= 0.6 is 22.9 Å². The van der Waals surface area contributed by atoms with Gasteiger partial charge in [-0.15, -0.1) is 0 Å². The Labute approximate surface area is 178 Å². The number of nitrogens with zero attached hydrogens (tertiary/aromatic N) is 3. The number of aromatic nitrogens is 3. The Bertz CT molecular complexity index is 1130. The lowest BCUT2D eigenvalue weighted by atomic mass is 10.1. The van der Waals surface area contributed by atoms with Gasteiger partial charge in [-0.2, -0.15) is 0 Å². The highest BCUT2D eigenvalue weighted by molar-refractivity contribution is 7.22. The summed E-state index contributed by atoms with van der Waals surface area (Å²) in [5.41, 5.74) is 3.20. The van der Waals surface area contributed by atoms with Crippen LogP contribution in [0.2, 0.25) is 5.15 Å². The van der Waals surface area contributed by atoms with Crippen molar-refractivity contribution < 1.29 is 4.74 Å². The zero-order chi connectivity index (χ0) is 20.2. The first kappa shape index (κ1) is 19.4. The SMILES string of the molecule is COc1ccccc1[C@@H](C)Nc1nc2ccc(CNc3cncc(Cl)n3)cc2s1. The maximum absolute atomic E-state index is 5.88. The molecule has 148 valence electrons. The second kappa shape index (κ2) is 8.63. The molecule has 0 aliphatic carbocycles. The average Bonchev–Trinajstić information content (AvgIpc) is 3.13. The van der Waals surface area contributed by atoms with Crippen LogP contribution in [0.25, 0.3) is 10.2 Å². The van der Waals surface area contributed by atoms with Gasteiger partial charge in [-0.3, -0.25) is 4.98 Å². The molecule has 2 aromatic carbocycles. The lowest BCUT2D eigenvalue weighted by Gasteiger charge is -2.16. The van der Waals surface area contributed by atoms with Crippen molar-refractivity contribution in [1.82, 2.24) is 15.0 Å². The monoisotopic (exact) mass is 425 g/mol. The number of thiazole rings is 1. The third kappa shape index (κ3) is 4.58. The number of para-hydroxylation sites is 1. The number of halogens is 1. The third-order valence-corrected chi connectivity index (χ3v) is 5.61. The second-order valence-corrected chi connectivity index (χ2v) is 7.93. The maximum Gasteiger partial charge on any atom is 0.184 e. The van der Waals surface area contributed by atoms with Crippen LogP contribution in [0.5, 0.6) is 5.75 Å². The van der Waals surface area contributed by atoms with Crippen LogP contribution in [-0.4, -0.2) is 22.1 Å². The van der Waals surface area contributed by atoms with Gasteiger partial charge in [-0.05, 0) is 30.7 Å². The van der Waals surface area contributed by atoms with Gasteiger partial charge in [0.25, 0.3) is 0 Å². The Morgan fingerprint density at radius 2 is 2.00 bits per heavy atom. The number of methoxy groups -OCH3 is 1. The topological polar surface area (TPSA) is 72.0 Å². The minimum atomic E-state index is 0.0780. The number of nitrogens with one attached hydrogen (secondary N) is 2. The molecular weight excluding hydrogens is 406 g/mol. The molecule has 0 spiro atoms. The Morgan fingerprint density at radius 1 is 1.14 bits per heavy atom. The van der Waals surface area contributed by atoms with Crippen LogP contribution in [-0.2, 0) is 6.54 Å². The van der Waals surface area contributed by atoms with Gasteiger partial charge in [0.1, 0.15) is 16.7 Å².